The van der Waals surface area contributed by atoms with Gasteiger partial charge < -0.3 is 10.3 Å². The third-order valence-electron chi connectivity index (χ3n) is 1.77. The maximum Gasteiger partial charge on any atom is 0.186 e. The zero-order valence-corrected chi connectivity index (χ0v) is 8.13. The molecule has 1 rings (SSSR count). The molecule has 3 nitrogen and oxygen atoms in total. The molecule has 0 aromatic carbocycles. The first-order valence-electron chi connectivity index (χ1n) is 4.57. The number of nitrogens with one attached hydrogen (secondary N) is 2. The predicted octanol–water partition coefficient (Wildman–Crippen LogP) is 1.12. The molecular weight excluding hydrogens is 164 g/mol. The Bertz CT molecular complexity index is 304. The van der Waals surface area contributed by atoms with E-state index in [9.17, 15) is 4.79 Å². The average molecular weight is 180 g/mol. The van der Waals surface area contributed by atoms with E-state index in [-0.39, 0.29) is 5.43 Å². The van der Waals surface area contributed by atoms with Crippen molar-refractivity contribution in [2.75, 3.05) is 6.54 Å². The van der Waals surface area contributed by atoms with Gasteiger partial charge in [-0.1, -0.05) is 13.8 Å². The summed E-state index contributed by atoms with van der Waals surface area (Å²) in [6.45, 7) is 5.87. The van der Waals surface area contributed by atoms with E-state index < -0.39 is 0 Å². The Kier molecular flexibility index (Phi) is 3.71. The van der Waals surface area contributed by atoms with E-state index in [1.54, 1.807) is 18.5 Å². The lowest BCUT2D eigenvalue weighted by Gasteiger charge is -2.06. The largest absolute Gasteiger partial charge is 0.367 e. The molecule has 2 N–H and O–H groups in total. The molecule has 0 radical (unpaired) electrons. The molecule has 72 valence electrons. The van der Waals surface area contributed by atoms with E-state index in [0.29, 0.717) is 12.5 Å². The van der Waals surface area contributed by atoms with Gasteiger partial charge in [0.05, 0.1) is 0 Å². The van der Waals surface area contributed by atoms with Crippen molar-refractivity contribution < 1.29 is 0 Å². The second-order valence-corrected chi connectivity index (χ2v) is 3.56. The van der Waals surface area contributed by atoms with Crippen LogP contribution in [0.4, 0.5) is 0 Å². The first-order chi connectivity index (χ1) is 6.20. The van der Waals surface area contributed by atoms with Crippen molar-refractivity contribution in [1.82, 2.24) is 10.3 Å². The van der Waals surface area contributed by atoms with Crippen LogP contribution in [0.15, 0.2) is 23.3 Å². The van der Waals surface area contributed by atoms with Gasteiger partial charge in [-0.3, -0.25) is 4.79 Å². The molecule has 0 saturated carbocycles. The molecule has 0 amide bonds. The predicted molar refractivity (Wildman–Crippen MR) is 53.6 cm³/mol. The highest BCUT2D eigenvalue weighted by Gasteiger charge is 1.97. The van der Waals surface area contributed by atoms with Crippen LogP contribution >= 0.6 is 0 Å². The van der Waals surface area contributed by atoms with Gasteiger partial charge in [0.2, 0.25) is 0 Å². The summed E-state index contributed by atoms with van der Waals surface area (Å²) in [6.07, 6.45) is 3.39. The Morgan fingerprint density at radius 1 is 1.54 bits per heavy atom. The fourth-order valence-corrected chi connectivity index (χ4v) is 1.08. The van der Waals surface area contributed by atoms with Crippen LogP contribution in [0, 0.1) is 5.92 Å². The normalized spacial score (nSPS) is 10.7. The van der Waals surface area contributed by atoms with Crippen LogP contribution in [0.1, 0.15) is 19.4 Å². The van der Waals surface area contributed by atoms with Crippen LogP contribution in [0.2, 0.25) is 0 Å². The number of aromatic amines is 1. The number of pyridine rings is 1. The monoisotopic (exact) mass is 180 g/mol. The van der Waals surface area contributed by atoms with E-state index >= 15 is 0 Å². The maximum absolute atomic E-state index is 11.2. The van der Waals surface area contributed by atoms with Crippen LogP contribution in [0.5, 0.6) is 0 Å². The van der Waals surface area contributed by atoms with Crippen molar-refractivity contribution >= 4 is 0 Å². The summed E-state index contributed by atoms with van der Waals surface area (Å²) in [7, 11) is 0. The molecule has 0 atom stereocenters. The summed E-state index contributed by atoms with van der Waals surface area (Å²) >= 11 is 0. The highest BCUT2D eigenvalue weighted by molar-refractivity contribution is 5.08. The van der Waals surface area contributed by atoms with E-state index in [4.69, 9.17) is 0 Å². The van der Waals surface area contributed by atoms with Gasteiger partial charge in [0.15, 0.2) is 5.43 Å². The van der Waals surface area contributed by atoms with E-state index in [2.05, 4.69) is 24.1 Å². The van der Waals surface area contributed by atoms with Gasteiger partial charge in [-0.05, 0) is 12.5 Å². The van der Waals surface area contributed by atoms with Crippen LogP contribution in [0.3, 0.4) is 0 Å². The van der Waals surface area contributed by atoms with Crippen molar-refractivity contribution in [2.24, 2.45) is 5.92 Å². The molecule has 3 heteroatoms. The van der Waals surface area contributed by atoms with E-state index in [1.165, 1.54) is 0 Å². The minimum absolute atomic E-state index is 0.0926. The zero-order valence-electron chi connectivity index (χ0n) is 8.13. The standard InChI is InChI=1S/C10H16N2O/c1-8(2)5-12-7-9-6-11-4-3-10(9)13/h3-4,6,8,12H,5,7H2,1-2H3,(H,11,13). The smallest absolute Gasteiger partial charge is 0.186 e. The van der Waals surface area contributed by atoms with Gasteiger partial charge in [-0.15, -0.1) is 0 Å². The second kappa shape index (κ2) is 4.82. The molecule has 13 heavy (non-hydrogen) atoms. The van der Waals surface area contributed by atoms with Gasteiger partial charge in [-0.25, -0.2) is 0 Å². The molecule has 0 aliphatic rings. The summed E-state index contributed by atoms with van der Waals surface area (Å²) in [4.78, 5) is 14.1. The van der Waals surface area contributed by atoms with Crippen molar-refractivity contribution in [3.63, 3.8) is 0 Å². The van der Waals surface area contributed by atoms with Crippen LogP contribution in [-0.4, -0.2) is 11.5 Å². The number of hydrogen-bond acceptors (Lipinski definition) is 2. The molecule has 1 aromatic heterocycles. The molecule has 0 aliphatic carbocycles. The van der Waals surface area contributed by atoms with Gasteiger partial charge >= 0.3 is 0 Å². The summed E-state index contributed by atoms with van der Waals surface area (Å²) in [5, 5.41) is 3.22. The van der Waals surface area contributed by atoms with E-state index in [0.717, 1.165) is 12.1 Å². The SMILES string of the molecule is CC(C)CNCc1c[nH]ccc1=O. The molecule has 1 heterocycles. The zero-order chi connectivity index (χ0) is 9.68. The van der Waals surface area contributed by atoms with Crippen molar-refractivity contribution in [2.45, 2.75) is 20.4 Å². The Labute approximate surface area is 78.2 Å². The number of aromatic nitrogens is 1. The molecule has 0 spiro atoms. The Morgan fingerprint density at radius 3 is 2.92 bits per heavy atom. The number of H-pyrrole nitrogens is 1. The van der Waals surface area contributed by atoms with Gasteiger partial charge in [0, 0.05) is 30.6 Å². The first-order valence-corrected chi connectivity index (χ1v) is 4.57. The summed E-state index contributed by atoms with van der Waals surface area (Å²) in [5.74, 6) is 0.614. The van der Waals surface area contributed by atoms with Gasteiger partial charge in [0.1, 0.15) is 0 Å². The van der Waals surface area contributed by atoms with Crippen LogP contribution in [-0.2, 0) is 6.54 Å². The maximum atomic E-state index is 11.2. The lowest BCUT2D eigenvalue weighted by molar-refractivity contribution is 0.551. The lowest BCUT2D eigenvalue weighted by atomic mass is 10.2. The minimum atomic E-state index is 0.0926. The van der Waals surface area contributed by atoms with Crippen molar-refractivity contribution in [3.05, 3.63) is 34.2 Å². The topological polar surface area (TPSA) is 44.9 Å². The van der Waals surface area contributed by atoms with Crippen molar-refractivity contribution in [3.8, 4) is 0 Å². The summed E-state index contributed by atoms with van der Waals surface area (Å²) < 4.78 is 0. The molecule has 0 aliphatic heterocycles. The Hall–Kier alpha value is -1.09. The summed E-state index contributed by atoms with van der Waals surface area (Å²) in [6, 6.07) is 1.55. The number of rotatable bonds is 4. The highest BCUT2D eigenvalue weighted by Crippen LogP contribution is 1.90. The van der Waals surface area contributed by atoms with Gasteiger partial charge in [-0.2, -0.15) is 0 Å². The molecular formula is C10H16N2O. The summed E-state index contributed by atoms with van der Waals surface area (Å²) in [5.41, 5.74) is 0.887. The fraction of sp³-hybridized carbons (Fsp3) is 0.500. The fourth-order valence-electron chi connectivity index (χ4n) is 1.08. The van der Waals surface area contributed by atoms with Crippen LogP contribution < -0.4 is 10.7 Å². The first kappa shape index (κ1) is 9.99. The van der Waals surface area contributed by atoms with Gasteiger partial charge in [0.25, 0.3) is 0 Å². The van der Waals surface area contributed by atoms with Crippen LogP contribution in [0.25, 0.3) is 0 Å². The number of hydrogen-bond donors (Lipinski definition) is 2. The molecule has 0 saturated heterocycles. The lowest BCUT2D eigenvalue weighted by Crippen LogP contribution is -2.22. The second-order valence-electron chi connectivity index (χ2n) is 3.56. The quantitative estimate of drug-likeness (QED) is 0.729. The molecule has 0 bridgehead atoms. The Morgan fingerprint density at radius 2 is 2.31 bits per heavy atom. The highest BCUT2D eigenvalue weighted by atomic mass is 16.1. The van der Waals surface area contributed by atoms with Crippen molar-refractivity contribution in [1.29, 1.82) is 0 Å². The van der Waals surface area contributed by atoms with E-state index in [1.807, 2.05) is 0 Å². The minimum Gasteiger partial charge on any atom is -0.367 e. The average Bonchev–Trinajstić information content (AvgIpc) is 2.08. The molecule has 0 fully saturated rings. The third kappa shape index (κ3) is 3.42. The molecule has 0 unspecified atom stereocenters. The third-order valence-corrected chi connectivity index (χ3v) is 1.77. The Balaban J connectivity index is 2.46. The molecule has 1 aromatic rings.